The lowest BCUT2D eigenvalue weighted by atomic mass is 9.97. The Labute approximate surface area is 355 Å². The van der Waals surface area contributed by atoms with E-state index in [1.807, 2.05) is 0 Å². The van der Waals surface area contributed by atoms with Gasteiger partial charge in [-0.3, -0.25) is 0 Å². The summed E-state index contributed by atoms with van der Waals surface area (Å²) in [7, 11) is 0. The van der Waals surface area contributed by atoms with E-state index < -0.39 is 212 Å². The third-order valence-corrected chi connectivity index (χ3v) is 11.7. The van der Waals surface area contributed by atoms with Crippen LogP contribution in [-0.2, 0) is 52.1 Å². The molecule has 6 aliphatic heterocycles. The van der Waals surface area contributed by atoms with Crippen molar-refractivity contribution in [1.82, 2.24) is 0 Å². The number of aliphatic hydroxyl groups is 18. The number of hydrogen-bond acceptors (Lipinski definition) is 29. The summed E-state index contributed by atoms with van der Waals surface area (Å²) in [6.45, 7) is -4.65. The largest absolute Gasteiger partial charge is 0.394 e. The predicted molar refractivity (Wildman–Crippen MR) is 187 cm³/mol. The molecule has 6 saturated heterocycles. The van der Waals surface area contributed by atoms with E-state index >= 15 is 0 Å². The van der Waals surface area contributed by atoms with Crippen molar-refractivity contribution in [3.63, 3.8) is 0 Å². The highest BCUT2D eigenvalue weighted by Gasteiger charge is 2.54. The summed E-state index contributed by atoms with van der Waals surface area (Å²) < 4.78 is 60.2. The monoisotopic (exact) mass is 930 g/mol. The van der Waals surface area contributed by atoms with Gasteiger partial charge in [-0.05, 0) is 0 Å². The lowest BCUT2D eigenvalue weighted by molar-refractivity contribution is -0.358. The number of aliphatic hydroxyl groups excluding tert-OH is 18. The fourth-order valence-corrected chi connectivity index (χ4v) is 7.78. The van der Waals surface area contributed by atoms with Gasteiger partial charge in [0.15, 0.2) is 37.7 Å². The van der Waals surface area contributed by atoms with E-state index in [4.69, 9.17) is 52.1 Å². The summed E-state index contributed by atoms with van der Waals surface area (Å²) in [5, 5.41) is 187. The Morgan fingerprint density at radius 1 is 0.270 bits per heavy atom. The van der Waals surface area contributed by atoms with Crippen LogP contribution in [-0.4, -0.2) is 304 Å². The molecule has 0 aromatic heterocycles. The molecule has 0 spiro atoms. The zero-order valence-corrected chi connectivity index (χ0v) is 32.9. The van der Waals surface area contributed by atoms with Gasteiger partial charge in [0.25, 0.3) is 0 Å². The van der Waals surface area contributed by atoms with Crippen molar-refractivity contribution in [2.75, 3.05) is 39.6 Å². The summed E-state index contributed by atoms with van der Waals surface area (Å²) in [6.07, 6.45) is -49.5. The standard InChI is InChI=1S/C34H58O29/c35-1-7-13(38)19(44)23(48)30(57-7)54-6-12-18(43)28(63-34-22(47)15(40)9(3-37)59-34)26(51)32(61-12)55-4-10-16(41)20(45)24(49)31(60-10)53-5-11-17(42)27(25(50)29(52)56-11)62-33-21(46)14(39)8(2-36)58-33/h7-52H,1-6H2/t7-,8+,9+,10-,11-,12-,13+,14+,15+,16+,17+,18+,19+,20+,21-,22-,23-,24-,25-,26-,27+,28+,29?,30-,31-,32+,33+,34+/m1/s1. The van der Waals surface area contributed by atoms with Crippen molar-refractivity contribution in [2.24, 2.45) is 0 Å². The van der Waals surface area contributed by atoms with E-state index in [0.717, 1.165) is 0 Å². The first-order valence-electron chi connectivity index (χ1n) is 19.9. The molecule has 29 heteroatoms. The molecular weight excluding hydrogens is 872 g/mol. The van der Waals surface area contributed by atoms with E-state index in [1.165, 1.54) is 0 Å². The molecule has 0 amide bonds. The minimum Gasteiger partial charge on any atom is -0.394 e. The Bertz CT molecular complexity index is 1410. The maximum absolute atomic E-state index is 11.3. The lowest BCUT2D eigenvalue weighted by Gasteiger charge is -2.45. The first kappa shape index (κ1) is 51.2. The van der Waals surface area contributed by atoms with Gasteiger partial charge in [0.2, 0.25) is 0 Å². The smallest absolute Gasteiger partial charge is 0.187 e. The molecule has 6 aliphatic rings. The van der Waals surface area contributed by atoms with Crippen LogP contribution in [0.4, 0.5) is 0 Å². The SMILES string of the molecule is OC[C@@H]1O[C@@H](O[C@H]2[C@@H](O)[C@@H](CO[C@@H]3O[C@H](CO)[C@H](O)[C@H](O)[C@H]3O)O[C@H](OC[C@H]3O[C@@H](OC[C@H]4OC(O)[C@H](O)[C@@H](O[C@@H]5O[C@@H](CO)[C@H](O)[C@H]5O)[C@H]4O)[C@H](O)[C@@H](O)[C@H]3O)[C@@H]2O)[C@H](O)[C@H]1O. The molecule has 6 rings (SSSR count). The van der Waals surface area contributed by atoms with Crippen LogP contribution in [0.25, 0.3) is 0 Å². The maximum Gasteiger partial charge on any atom is 0.187 e. The summed E-state index contributed by atoms with van der Waals surface area (Å²) in [5.74, 6) is 0. The highest BCUT2D eigenvalue weighted by Crippen LogP contribution is 2.34. The molecule has 18 N–H and O–H groups in total. The average molecular weight is 931 g/mol. The molecule has 28 atom stereocenters. The third-order valence-electron chi connectivity index (χ3n) is 11.7. The van der Waals surface area contributed by atoms with Crippen LogP contribution >= 0.6 is 0 Å². The van der Waals surface area contributed by atoms with Gasteiger partial charge in [0.05, 0.1) is 39.6 Å². The van der Waals surface area contributed by atoms with E-state index in [2.05, 4.69) is 0 Å². The number of ether oxygens (including phenoxy) is 11. The Morgan fingerprint density at radius 2 is 0.556 bits per heavy atom. The molecule has 29 nitrogen and oxygen atoms in total. The zero-order valence-electron chi connectivity index (χ0n) is 32.9. The average Bonchev–Trinajstić information content (AvgIpc) is 3.70. The van der Waals surface area contributed by atoms with E-state index in [0.29, 0.717) is 0 Å². The van der Waals surface area contributed by atoms with Crippen LogP contribution in [0.15, 0.2) is 0 Å². The van der Waals surface area contributed by atoms with Crippen molar-refractivity contribution in [2.45, 2.75) is 172 Å². The van der Waals surface area contributed by atoms with Gasteiger partial charge in [-0.25, -0.2) is 0 Å². The molecule has 6 heterocycles. The second-order valence-corrected chi connectivity index (χ2v) is 15.9. The highest BCUT2D eigenvalue weighted by molar-refractivity contribution is 4.97. The van der Waals surface area contributed by atoms with Crippen molar-refractivity contribution < 1.29 is 144 Å². The topological polar surface area (TPSA) is 466 Å². The summed E-state index contributed by atoms with van der Waals surface area (Å²) >= 11 is 0. The Kier molecular flexibility index (Phi) is 17.8. The van der Waals surface area contributed by atoms with Crippen LogP contribution in [0.5, 0.6) is 0 Å². The molecule has 6 fully saturated rings. The van der Waals surface area contributed by atoms with E-state index in [9.17, 15) is 91.9 Å². The van der Waals surface area contributed by atoms with Crippen LogP contribution in [0.2, 0.25) is 0 Å². The summed E-state index contributed by atoms with van der Waals surface area (Å²) in [4.78, 5) is 0. The first-order chi connectivity index (χ1) is 29.8. The predicted octanol–water partition coefficient (Wildman–Crippen LogP) is -12.8. The lowest BCUT2D eigenvalue weighted by Crippen LogP contribution is -2.64. The van der Waals surface area contributed by atoms with Gasteiger partial charge in [-0.15, -0.1) is 0 Å². The fourth-order valence-electron chi connectivity index (χ4n) is 7.78. The fraction of sp³-hybridized carbons (Fsp3) is 1.00. The Hall–Kier alpha value is -1.16. The second kappa shape index (κ2) is 21.9. The van der Waals surface area contributed by atoms with Crippen molar-refractivity contribution in [3.8, 4) is 0 Å². The summed E-state index contributed by atoms with van der Waals surface area (Å²) in [6, 6.07) is 0. The number of rotatable bonds is 16. The van der Waals surface area contributed by atoms with Crippen LogP contribution in [0.3, 0.4) is 0 Å². The molecule has 0 aromatic rings. The van der Waals surface area contributed by atoms with Crippen LogP contribution in [0, 0.1) is 0 Å². The molecule has 0 radical (unpaired) electrons. The van der Waals surface area contributed by atoms with Crippen molar-refractivity contribution in [3.05, 3.63) is 0 Å². The molecule has 1 unspecified atom stereocenters. The first-order valence-corrected chi connectivity index (χ1v) is 19.9. The van der Waals surface area contributed by atoms with Gasteiger partial charge in [0.1, 0.15) is 134 Å². The highest BCUT2D eigenvalue weighted by atomic mass is 16.8. The molecule has 0 aliphatic carbocycles. The van der Waals surface area contributed by atoms with Gasteiger partial charge in [0, 0.05) is 0 Å². The van der Waals surface area contributed by atoms with Crippen molar-refractivity contribution in [1.29, 1.82) is 0 Å². The number of hydrogen-bond donors (Lipinski definition) is 18. The molecule has 63 heavy (non-hydrogen) atoms. The quantitative estimate of drug-likeness (QED) is 0.0683. The summed E-state index contributed by atoms with van der Waals surface area (Å²) in [5.41, 5.74) is 0. The molecular formula is C34H58O29. The van der Waals surface area contributed by atoms with Crippen LogP contribution in [0.1, 0.15) is 0 Å². The van der Waals surface area contributed by atoms with Gasteiger partial charge < -0.3 is 144 Å². The maximum atomic E-state index is 11.3. The van der Waals surface area contributed by atoms with Gasteiger partial charge >= 0.3 is 0 Å². The minimum absolute atomic E-state index is 0.720. The normalized spacial score (nSPS) is 53.2. The van der Waals surface area contributed by atoms with E-state index in [1.54, 1.807) is 0 Å². The minimum atomic E-state index is -2.04. The van der Waals surface area contributed by atoms with Crippen molar-refractivity contribution >= 4 is 0 Å². The van der Waals surface area contributed by atoms with E-state index in [-0.39, 0.29) is 0 Å². The molecule has 0 saturated carbocycles. The Balaban J connectivity index is 1.11. The zero-order chi connectivity index (χ0) is 46.2. The molecule has 0 aromatic carbocycles. The van der Waals surface area contributed by atoms with Gasteiger partial charge in [-0.1, -0.05) is 0 Å². The molecule has 368 valence electrons. The Morgan fingerprint density at radius 3 is 0.968 bits per heavy atom. The van der Waals surface area contributed by atoms with Gasteiger partial charge in [-0.2, -0.15) is 0 Å². The molecule has 0 bridgehead atoms. The van der Waals surface area contributed by atoms with Crippen LogP contribution < -0.4 is 0 Å². The second-order valence-electron chi connectivity index (χ2n) is 15.9. The third kappa shape index (κ3) is 10.8.